The third-order valence-corrected chi connectivity index (χ3v) is 7.11. The lowest BCUT2D eigenvalue weighted by molar-refractivity contribution is -0.139. The van der Waals surface area contributed by atoms with Crippen molar-refractivity contribution in [1.82, 2.24) is 4.90 Å². The molecule has 0 aromatic heterocycles. The predicted octanol–water partition coefficient (Wildman–Crippen LogP) is 4.25. The first-order valence-corrected chi connectivity index (χ1v) is 11.1. The number of halogens is 3. The van der Waals surface area contributed by atoms with Crippen LogP contribution in [0.25, 0.3) is 0 Å². The van der Waals surface area contributed by atoms with Crippen LogP contribution in [0.1, 0.15) is 43.2 Å². The van der Waals surface area contributed by atoms with E-state index in [9.17, 15) is 22.8 Å². The lowest BCUT2D eigenvalue weighted by Gasteiger charge is -2.38. The van der Waals surface area contributed by atoms with Gasteiger partial charge < -0.3 is 15.0 Å². The van der Waals surface area contributed by atoms with E-state index >= 15 is 0 Å². The Kier molecular flexibility index (Phi) is 6.28. The van der Waals surface area contributed by atoms with Crippen LogP contribution in [-0.2, 0) is 20.5 Å². The van der Waals surface area contributed by atoms with E-state index < -0.39 is 11.7 Å². The van der Waals surface area contributed by atoms with E-state index in [1.54, 1.807) is 6.92 Å². The number of nitrogens with zero attached hydrogens (tertiary/aromatic N) is 1. The van der Waals surface area contributed by atoms with Crippen molar-refractivity contribution in [2.24, 2.45) is 23.7 Å². The number of ether oxygens (including phenoxy) is 1. The third kappa shape index (κ3) is 4.89. The summed E-state index contributed by atoms with van der Waals surface area (Å²) in [4.78, 5) is 27.7. The van der Waals surface area contributed by atoms with E-state index in [4.69, 9.17) is 4.74 Å². The number of hydrogen-bond acceptors (Lipinski definition) is 3. The molecule has 1 aromatic carbocycles. The molecular formula is C23H29F3N2O3. The van der Waals surface area contributed by atoms with Gasteiger partial charge in [-0.15, -0.1) is 0 Å². The number of amides is 2. The maximum absolute atomic E-state index is 13.0. The Morgan fingerprint density at radius 2 is 1.74 bits per heavy atom. The number of likely N-dealkylation sites (tertiary alicyclic amines) is 1. The van der Waals surface area contributed by atoms with Gasteiger partial charge in [-0.05, 0) is 74.1 Å². The number of benzene rings is 1. The van der Waals surface area contributed by atoms with E-state index in [1.807, 2.05) is 4.90 Å². The molecule has 1 unspecified atom stereocenters. The number of nitrogens with one attached hydrogen (secondary N) is 1. The van der Waals surface area contributed by atoms with Crippen molar-refractivity contribution in [3.05, 3.63) is 29.3 Å². The maximum Gasteiger partial charge on any atom is 0.416 e. The first-order valence-electron chi connectivity index (χ1n) is 11.1. The van der Waals surface area contributed by atoms with Gasteiger partial charge in [0.25, 0.3) is 0 Å². The molecule has 170 valence electrons. The fraction of sp³-hybridized carbons (Fsp3) is 0.652. The summed E-state index contributed by atoms with van der Waals surface area (Å²) in [5, 5.41) is 2.85. The van der Waals surface area contributed by atoms with Crippen LogP contribution < -0.4 is 5.32 Å². The molecule has 5 nitrogen and oxygen atoms in total. The van der Waals surface area contributed by atoms with Gasteiger partial charge in [0, 0.05) is 44.3 Å². The predicted molar refractivity (Wildman–Crippen MR) is 109 cm³/mol. The number of anilines is 1. The van der Waals surface area contributed by atoms with Crippen LogP contribution in [0.3, 0.4) is 0 Å². The summed E-state index contributed by atoms with van der Waals surface area (Å²) < 4.78 is 44.0. The molecule has 3 fully saturated rings. The number of hydrogen-bond donors (Lipinski definition) is 1. The van der Waals surface area contributed by atoms with Crippen molar-refractivity contribution >= 4 is 17.5 Å². The van der Waals surface area contributed by atoms with Gasteiger partial charge in [-0.1, -0.05) is 0 Å². The Hall–Kier alpha value is -2.09. The van der Waals surface area contributed by atoms with Crippen molar-refractivity contribution < 1.29 is 27.5 Å². The van der Waals surface area contributed by atoms with Gasteiger partial charge in [0.1, 0.15) is 0 Å². The number of carbonyl (C=O) groups is 2. The van der Waals surface area contributed by atoms with E-state index in [1.165, 1.54) is 6.07 Å². The zero-order chi connectivity index (χ0) is 22.2. The first kappa shape index (κ1) is 22.1. The molecule has 2 saturated heterocycles. The van der Waals surface area contributed by atoms with Crippen LogP contribution in [0.15, 0.2) is 18.2 Å². The molecule has 8 heteroatoms. The van der Waals surface area contributed by atoms with Gasteiger partial charge in [-0.2, -0.15) is 13.2 Å². The van der Waals surface area contributed by atoms with Crippen LogP contribution in [0.5, 0.6) is 0 Å². The quantitative estimate of drug-likeness (QED) is 0.765. The summed E-state index contributed by atoms with van der Waals surface area (Å²) in [6.07, 6.45) is -0.222. The van der Waals surface area contributed by atoms with Crippen molar-refractivity contribution in [3.63, 3.8) is 0 Å². The molecule has 2 heterocycles. The van der Waals surface area contributed by atoms with Crippen LogP contribution in [0, 0.1) is 30.6 Å². The van der Waals surface area contributed by atoms with Crippen LogP contribution >= 0.6 is 0 Å². The van der Waals surface area contributed by atoms with Gasteiger partial charge in [0.15, 0.2) is 0 Å². The summed E-state index contributed by atoms with van der Waals surface area (Å²) >= 11 is 0. The number of alkyl halides is 3. The highest BCUT2D eigenvalue weighted by molar-refractivity contribution is 5.94. The highest BCUT2D eigenvalue weighted by Gasteiger charge is 2.47. The molecule has 0 spiro atoms. The van der Waals surface area contributed by atoms with E-state index in [-0.39, 0.29) is 29.6 Å². The van der Waals surface area contributed by atoms with E-state index in [2.05, 4.69) is 5.32 Å². The fourth-order valence-corrected chi connectivity index (χ4v) is 5.38. The van der Waals surface area contributed by atoms with Crippen molar-refractivity contribution in [3.8, 4) is 0 Å². The molecule has 31 heavy (non-hydrogen) atoms. The highest BCUT2D eigenvalue weighted by Crippen LogP contribution is 2.43. The molecule has 1 saturated carbocycles. The minimum Gasteiger partial charge on any atom is -0.381 e. The molecule has 2 bridgehead atoms. The van der Waals surface area contributed by atoms with Crippen molar-refractivity contribution in [1.29, 1.82) is 0 Å². The summed E-state index contributed by atoms with van der Waals surface area (Å²) in [5.41, 5.74) is 0.0782. The minimum absolute atomic E-state index is 0.104. The largest absolute Gasteiger partial charge is 0.416 e. The van der Waals surface area contributed by atoms with Gasteiger partial charge >= 0.3 is 6.18 Å². The van der Waals surface area contributed by atoms with Gasteiger partial charge in [0.2, 0.25) is 11.8 Å². The fourth-order valence-electron chi connectivity index (χ4n) is 5.38. The third-order valence-electron chi connectivity index (χ3n) is 7.11. The second kappa shape index (κ2) is 8.81. The van der Waals surface area contributed by atoms with Crippen LogP contribution in [0.4, 0.5) is 18.9 Å². The zero-order valence-corrected chi connectivity index (χ0v) is 17.7. The second-order valence-electron chi connectivity index (χ2n) is 9.20. The number of fused-ring (bicyclic) bond motifs is 2. The normalized spacial score (nSPS) is 26.7. The van der Waals surface area contributed by atoms with E-state index in [0.717, 1.165) is 51.0 Å². The molecular weight excluding hydrogens is 409 g/mol. The zero-order valence-electron chi connectivity index (χ0n) is 17.7. The Morgan fingerprint density at radius 3 is 2.32 bits per heavy atom. The minimum atomic E-state index is -4.41. The smallest absolute Gasteiger partial charge is 0.381 e. The molecule has 2 aliphatic heterocycles. The molecule has 3 aliphatic rings. The monoisotopic (exact) mass is 438 g/mol. The molecule has 1 N–H and O–H groups in total. The molecule has 3 atom stereocenters. The Bertz CT molecular complexity index is 822. The van der Waals surface area contributed by atoms with Crippen LogP contribution in [-0.4, -0.2) is 43.0 Å². The molecule has 2 amide bonds. The topological polar surface area (TPSA) is 58.6 Å². The Labute approximate surface area is 180 Å². The maximum atomic E-state index is 13.0. The van der Waals surface area contributed by atoms with Gasteiger partial charge in [-0.25, -0.2) is 0 Å². The standard InChI is InChI=1S/C23H29F3N2O3/c1-14-10-18(23(24,25)26)4-5-19(14)27-22(30)21-16-2-3-17(21)13-28(12-16)20(29)11-15-6-8-31-9-7-15/h4-5,10,15-17,21H,2-3,6-9,11-13H2,1H3,(H,27,30)/t16-,17+,21?. The number of carbonyl (C=O) groups excluding carboxylic acids is 2. The Morgan fingerprint density at radius 1 is 1.10 bits per heavy atom. The lowest BCUT2D eigenvalue weighted by Crippen LogP contribution is -2.48. The Balaban J connectivity index is 1.37. The molecule has 1 aromatic rings. The summed E-state index contributed by atoms with van der Waals surface area (Å²) in [7, 11) is 0. The van der Waals surface area contributed by atoms with Gasteiger partial charge in [0.05, 0.1) is 5.56 Å². The second-order valence-corrected chi connectivity index (χ2v) is 9.20. The van der Waals surface area contributed by atoms with E-state index in [0.29, 0.717) is 36.7 Å². The first-order chi connectivity index (χ1) is 14.7. The van der Waals surface area contributed by atoms with Crippen molar-refractivity contribution in [2.45, 2.75) is 45.2 Å². The number of piperidine rings is 1. The average Bonchev–Trinajstić information content (AvgIpc) is 2.99. The van der Waals surface area contributed by atoms with Crippen LogP contribution in [0.2, 0.25) is 0 Å². The number of aryl methyl sites for hydroxylation is 1. The lowest BCUT2D eigenvalue weighted by atomic mass is 9.83. The molecule has 4 rings (SSSR count). The summed E-state index contributed by atoms with van der Waals surface area (Å²) in [6, 6.07) is 3.38. The molecule has 0 radical (unpaired) electrons. The SMILES string of the molecule is Cc1cc(C(F)(F)F)ccc1NC(=O)C1[C@@H]2CC[C@H]1CN(C(=O)CC1CCOCC1)C2. The summed E-state index contributed by atoms with van der Waals surface area (Å²) in [5.74, 6) is 0.406. The van der Waals surface area contributed by atoms with Gasteiger partial charge in [-0.3, -0.25) is 9.59 Å². The van der Waals surface area contributed by atoms with Crippen molar-refractivity contribution in [2.75, 3.05) is 31.6 Å². The highest BCUT2D eigenvalue weighted by atomic mass is 19.4. The summed E-state index contributed by atoms with van der Waals surface area (Å²) in [6.45, 7) is 4.17. The molecule has 1 aliphatic carbocycles. The number of rotatable bonds is 4. The average molecular weight is 438 g/mol.